The molecule has 4 heterocycles. The van der Waals surface area contributed by atoms with E-state index in [-0.39, 0.29) is 36.4 Å². The van der Waals surface area contributed by atoms with Gasteiger partial charge in [-0.25, -0.2) is 24.3 Å². The standard InChI is InChI=1S/C34H36F4N8O3/c1-49-32-41-16-24(17-42-32)23-8-13-28(39-15-23)46(29(48)14-7-22-5-3-2-4-6-22)26-11-9-25(10-12-26)43-31-40-18-27(34(36,37)38)30(44-31)45-19-33(35,20-45)21-47/h2-6,8,13,15-18,25-26,47H,7,9-12,14,19-21H2,1H3,(H,40,43,44)/t25-,26-. The normalized spacial score (nSPS) is 18.8. The van der Waals surface area contributed by atoms with Gasteiger partial charge in [-0.05, 0) is 49.8 Å². The van der Waals surface area contributed by atoms with Crippen LogP contribution >= 0.6 is 0 Å². The zero-order valence-corrected chi connectivity index (χ0v) is 26.8. The molecule has 0 spiro atoms. The highest BCUT2D eigenvalue weighted by Gasteiger charge is 2.47. The molecular formula is C34H36F4N8O3. The molecule has 49 heavy (non-hydrogen) atoms. The average molecular weight is 681 g/mol. The van der Waals surface area contributed by atoms with E-state index in [0.717, 1.165) is 21.6 Å². The first-order chi connectivity index (χ1) is 23.5. The molecule has 1 amide bonds. The number of aryl methyl sites for hydroxylation is 1. The van der Waals surface area contributed by atoms with Gasteiger partial charge in [-0.3, -0.25) is 9.69 Å². The molecule has 0 radical (unpaired) electrons. The Balaban J connectivity index is 1.16. The zero-order valence-electron chi connectivity index (χ0n) is 26.8. The molecule has 1 aliphatic carbocycles. The first-order valence-electron chi connectivity index (χ1n) is 16.0. The van der Waals surface area contributed by atoms with Crippen molar-refractivity contribution in [3.8, 4) is 17.1 Å². The number of amides is 1. The van der Waals surface area contributed by atoms with E-state index in [1.54, 1.807) is 29.6 Å². The summed E-state index contributed by atoms with van der Waals surface area (Å²) in [5.41, 5.74) is -0.463. The van der Waals surface area contributed by atoms with Gasteiger partial charge in [0.1, 0.15) is 17.2 Å². The van der Waals surface area contributed by atoms with Gasteiger partial charge in [0.2, 0.25) is 11.9 Å². The molecule has 0 unspecified atom stereocenters. The Labute approximate surface area is 280 Å². The lowest BCUT2D eigenvalue weighted by Gasteiger charge is -2.44. The maximum absolute atomic E-state index is 14.3. The fourth-order valence-corrected chi connectivity index (χ4v) is 6.24. The van der Waals surface area contributed by atoms with Crippen molar-refractivity contribution in [1.29, 1.82) is 0 Å². The summed E-state index contributed by atoms with van der Waals surface area (Å²) in [6, 6.07) is 13.4. The molecular weight excluding hydrogens is 644 g/mol. The number of hydrogen-bond acceptors (Lipinski definition) is 10. The summed E-state index contributed by atoms with van der Waals surface area (Å²) in [5.74, 6) is 0.0313. The van der Waals surface area contributed by atoms with Crippen LogP contribution in [0.2, 0.25) is 0 Å². The van der Waals surface area contributed by atoms with Gasteiger partial charge < -0.3 is 20.1 Å². The van der Waals surface area contributed by atoms with Crippen LogP contribution in [0.5, 0.6) is 6.01 Å². The number of ether oxygens (including phenoxy) is 1. The van der Waals surface area contributed by atoms with Crippen LogP contribution in [-0.4, -0.2) is 80.5 Å². The summed E-state index contributed by atoms with van der Waals surface area (Å²) in [4.78, 5) is 37.7. The lowest BCUT2D eigenvalue weighted by atomic mass is 9.89. The van der Waals surface area contributed by atoms with E-state index >= 15 is 0 Å². The van der Waals surface area contributed by atoms with Gasteiger partial charge in [0, 0.05) is 54.4 Å². The van der Waals surface area contributed by atoms with Crippen molar-refractivity contribution in [1.82, 2.24) is 24.9 Å². The van der Waals surface area contributed by atoms with Crippen molar-refractivity contribution in [2.45, 2.75) is 62.5 Å². The van der Waals surface area contributed by atoms with E-state index in [0.29, 0.717) is 44.1 Å². The van der Waals surface area contributed by atoms with Crippen molar-refractivity contribution >= 4 is 23.5 Å². The number of carbonyl (C=O) groups is 1. The second-order valence-electron chi connectivity index (χ2n) is 12.4. The molecule has 3 aromatic heterocycles. The Hall–Kier alpha value is -4.92. The van der Waals surface area contributed by atoms with Gasteiger partial charge in [-0.2, -0.15) is 18.2 Å². The zero-order chi connectivity index (χ0) is 34.6. The number of nitrogens with zero attached hydrogens (tertiary/aromatic N) is 7. The molecule has 11 nitrogen and oxygen atoms in total. The summed E-state index contributed by atoms with van der Waals surface area (Å²) in [7, 11) is 1.49. The second kappa shape index (κ2) is 14.3. The second-order valence-corrected chi connectivity index (χ2v) is 12.4. The number of aliphatic hydroxyl groups is 1. The maximum atomic E-state index is 14.3. The number of hydrogen-bond donors (Lipinski definition) is 2. The first-order valence-corrected chi connectivity index (χ1v) is 16.0. The van der Waals surface area contributed by atoms with Gasteiger partial charge in [0.15, 0.2) is 5.67 Å². The van der Waals surface area contributed by atoms with E-state index < -0.39 is 42.9 Å². The number of carbonyl (C=O) groups excluding carboxylic acids is 1. The molecule has 1 saturated heterocycles. The highest BCUT2D eigenvalue weighted by atomic mass is 19.4. The van der Waals surface area contributed by atoms with Crippen molar-refractivity contribution < 1.29 is 32.2 Å². The van der Waals surface area contributed by atoms with Crippen molar-refractivity contribution in [2.75, 3.05) is 41.9 Å². The topological polar surface area (TPSA) is 129 Å². The average Bonchev–Trinajstić information content (AvgIpc) is 3.10. The number of benzene rings is 1. The molecule has 258 valence electrons. The smallest absolute Gasteiger partial charge is 0.421 e. The molecule has 1 aromatic carbocycles. The highest BCUT2D eigenvalue weighted by molar-refractivity contribution is 5.93. The van der Waals surface area contributed by atoms with E-state index in [4.69, 9.17) is 4.74 Å². The quantitative estimate of drug-likeness (QED) is 0.202. The van der Waals surface area contributed by atoms with Crippen molar-refractivity contribution in [2.24, 2.45) is 0 Å². The number of alkyl halides is 4. The molecule has 1 aliphatic heterocycles. The van der Waals surface area contributed by atoms with Gasteiger partial charge in [-0.15, -0.1) is 0 Å². The third kappa shape index (κ3) is 7.88. The van der Waals surface area contributed by atoms with Crippen molar-refractivity contribution in [3.05, 3.63) is 78.4 Å². The number of pyridine rings is 1. The molecule has 2 fully saturated rings. The largest absolute Gasteiger partial charge is 0.467 e. The monoisotopic (exact) mass is 680 g/mol. The molecule has 15 heteroatoms. The predicted molar refractivity (Wildman–Crippen MR) is 174 cm³/mol. The molecule has 1 saturated carbocycles. The number of rotatable bonds is 11. The Kier molecular flexibility index (Phi) is 9.90. The van der Waals surface area contributed by atoms with Crippen LogP contribution in [0, 0.1) is 0 Å². The van der Waals surface area contributed by atoms with Crippen LogP contribution in [0.15, 0.2) is 67.3 Å². The first kappa shape index (κ1) is 34.0. The third-order valence-electron chi connectivity index (χ3n) is 8.88. The minimum Gasteiger partial charge on any atom is -0.467 e. The molecule has 4 aromatic rings. The summed E-state index contributed by atoms with van der Waals surface area (Å²) in [5, 5.41) is 12.4. The van der Waals surface area contributed by atoms with Crippen LogP contribution in [0.25, 0.3) is 11.1 Å². The number of halogens is 4. The SMILES string of the molecule is COc1ncc(-c2ccc(N(C(=O)CCc3ccccc3)[C@H]3CC[C@H](Nc4ncc(C(F)(F)F)c(N5CC(F)(CO)C5)n4)CC3)nc2)cn1. The van der Waals surface area contributed by atoms with Crippen LogP contribution in [0.4, 0.5) is 35.1 Å². The minimum absolute atomic E-state index is 0.00219. The number of nitrogens with one attached hydrogen (secondary N) is 1. The summed E-state index contributed by atoms with van der Waals surface area (Å²) >= 11 is 0. The van der Waals surface area contributed by atoms with Crippen LogP contribution < -0.4 is 19.9 Å². The molecule has 0 bridgehead atoms. The fraction of sp³-hybridized carbons (Fsp3) is 0.412. The number of anilines is 3. The summed E-state index contributed by atoms with van der Waals surface area (Å²) < 4.78 is 60.6. The predicted octanol–water partition coefficient (Wildman–Crippen LogP) is 5.27. The minimum atomic E-state index is -4.73. The Morgan fingerprint density at radius 3 is 2.29 bits per heavy atom. The lowest BCUT2D eigenvalue weighted by molar-refractivity contribution is -0.137. The maximum Gasteiger partial charge on any atom is 0.421 e. The Morgan fingerprint density at radius 1 is 0.980 bits per heavy atom. The Bertz CT molecular complexity index is 1710. The molecule has 0 atom stereocenters. The van der Waals surface area contributed by atoms with E-state index in [9.17, 15) is 27.5 Å². The molecule has 2 aliphatic rings. The summed E-state index contributed by atoms with van der Waals surface area (Å²) in [6.07, 6.45) is 4.16. The van der Waals surface area contributed by atoms with Gasteiger partial charge in [-0.1, -0.05) is 30.3 Å². The molecule has 2 N–H and O–H groups in total. The van der Waals surface area contributed by atoms with Crippen molar-refractivity contribution in [3.63, 3.8) is 0 Å². The van der Waals surface area contributed by atoms with Gasteiger partial charge >= 0.3 is 12.2 Å². The van der Waals surface area contributed by atoms with Gasteiger partial charge in [0.25, 0.3) is 0 Å². The summed E-state index contributed by atoms with van der Waals surface area (Å²) in [6.45, 7) is -1.58. The number of aromatic nitrogens is 5. The fourth-order valence-electron chi connectivity index (χ4n) is 6.24. The third-order valence-corrected chi connectivity index (χ3v) is 8.88. The lowest BCUT2D eigenvalue weighted by Crippen LogP contribution is -2.61. The Morgan fingerprint density at radius 2 is 1.67 bits per heavy atom. The number of aliphatic hydroxyl groups excluding tert-OH is 1. The molecule has 6 rings (SSSR count). The van der Waals surface area contributed by atoms with Gasteiger partial charge in [0.05, 0.1) is 26.8 Å². The van der Waals surface area contributed by atoms with E-state index in [1.165, 1.54) is 7.11 Å². The highest BCUT2D eigenvalue weighted by Crippen LogP contribution is 2.40. The van der Waals surface area contributed by atoms with E-state index in [2.05, 4.69) is 30.2 Å². The number of methoxy groups -OCH3 is 1. The van der Waals surface area contributed by atoms with E-state index in [1.807, 2.05) is 36.4 Å². The van der Waals surface area contributed by atoms with Crippen LogP contribution in [-0.2, 0) is 17.4 Å². The van der Waals surface area contributed by atoms with Crippen LogP contribution in [0.1, 0.15) is 43.2 Å². The van der Waals surface area contributed by atoms with Crippen LogP contribution in [0.3, 0.4) is 0 Å².